The van der Waals surface area contributed by atoms with E-state index in [1.54, 1.807) is 11.6 Å². The van der Waals surface area contributed by atoms with E-state index < -0.39 is 0 Å². The number of aryl methyl sites for hydroxylation is 3. The molecule has 0 aliphatic heterocycles. The molecule has 0 N–H and O–H groups in total. The van der Waals surface area contributed by atoms with Gasteiger partial charge < -0.3 is 4.42 Å². The Labute approximate surface area is 82.0 Å². The summed E-state index contributed by atoms with van der Waals surface area (Å²) in [6, 6.07) is 4.07. The molecule has 1 aromatic heterocycles. The summed E-state index contributed by atoms with van der Waals surface area (Å²) in [4.78, 5) is 11.3. The van der Waals surface area contributed by atoms with E-state index in [2.05, 4.69) is 13.0 Å². The fourth-order valence-electron chi connectivity index (χ4n) is 1.67. The molecule has 0 fully saturated rings. The molecule has 0 aliphatic rings. The first kappa shape index (κ1) is 9.06. The summed E-state index contributed by atoms with van der Waals surface area (Å²) < 4.78 is 6.68. The molecule has 74 valence electrons. The van der Waals surface area contributed by atoms with Crippen molar-refractivity contribution in [3.05, 3.63) is 33.8 Å². The molecule has 0 radical (unpaired) electrons. The average molecular weight is 191 g/mol. The number of fused-ring (bicyclic) bond motifs is 1. The third-order valence-electron chi connectivity index (χ3n) is 2.55. The normalized spacial score (nSPS) is 11.1. The predicted octanol–water partition coefficient (Wildman–Crippen LogP) is 2.00. The molecular formula is C11H13NO2. The molecule has 0 saturated carbocycles. The van der Waals surface area contributed by atoms with Crippen LogP contribution in [0.4, 0.5) is 0 Å². The standard InChI is InChI=1S/C11H13NO2/c1-4-8-5-7(2)10-9(6-8)12(3)11(13)14-10/h5-6H,4H2,1-3H3. The number of nitrogens with zero attached hydrogens (tertiary/aromatic N) is 1. The highest BCUT2D eigenvalue weighted by Gasteiger charge is 2.08. The lowest BCUT2D eigenvalue weighted by Crippen LogP contribution is -2.08. The zero-order valence-corrected chi connectivity index (χ0v) is 8.63. The fourth-order valence-corrected chi connectivity index (χ4v) is 1.67. The van der Waals surface area contributed by atoms with E-state index in [1.165, 1.54) is 5.56 Å². The minimum absolute atomic E-state index is 0.295. The summed E-state index contributed by atoms with van der Waals surface area (Å²) >= 11 is 0. The number of hydrogen-bond donors (Lipinski definition) is 0. The Morgan fingerprint density at radius 3 is 2.79 bits per heavy atom. The average Bonchev–Trinajstić information content (AvgIpc) is 2.45. The van der Waals surface area contributed by atoms with Crippen LogP contribution in [0.15, 0.2) is 21.3 Å². The van der Waals surface area contributed by atoms with Gasteiger partial charge >= 0.3 is 5.76 Å². The van der Waals surface area contributed by atoms with Crippen molar-refractivity contribution < 1.29 is 4.42 Å². The molecule has 3 nitrogen and oxygen atoms in total. The molecule has 0 unspecified atom stereocenters. The Bertz CT molecular complexity index is 534. The van der Waals surface area contributed by atoms with Gasteiger partial charge in [-0.1, -0.05) is 13.0 Å². The summed E-state index contributed by atoms with van der Waals surface area (Å²) in [6.45, 7) is 4.06. The molecular weight excluding hydrogens is 178 g/mol. The van der Waals surface area contributed by atoms with Crippen LogP contribution in [-0.4, -0.2) is 4.57 Å². The molecule has 0 saturated heterocycles. The smallest absolute Gasteiger partial charge is 0.407 e. The topological polar surface area (TPSA) is 35.1 Å². The second-order valence-electron chi connectivity index (χ2n) is 3.54. The highest BCUT2D eigenvalue weighted by atomic mass is 16.4. The first-order chi connectivity index (χ1) is 6.63. The third kappa shape index (κ3) is 1.16. The monoisotopic (exact) mass is 191 g/mol. The second kappa shape index (κ2) is 3.01. The molecule has 0 aliphatic carbocycles. The minimum atomic E-state index is -0.295. The van der Waals surface area contributed by atoms with Crippen molar-refractivity contribution in [1.29, 1.82) is 0 Å². The minimum Gasteiger partial charge on any atom is -0.407 e. The van der Waals surface area contributed by atoms with Crippen LogP contribution in [0.25, 0.3) is 11.1 Å². The predicted molar refractivity (Wildman–Crippen MR) is 55.6 cm³/mol. The van der Waals surface area contributed by atoms with Gasteiger partial charge in [-0.25, -0.2) is 4.79 Å². The summed E-state index contributed by atoms with van der Waals surface area (Å²) in [6.07, 6.45) is 0.968. The molecule has 1 heterocycles. The number of oxazole rings is 1. The van der Waals surface area contributed by atoms with Gasteiger partial charge in [0, 0.05) is 7.05 Å². The van der Waals surface area contributed by atoms with Crippen LogP contribution in [0, 0.1) is 6.92 Å². The van der Waals surface area contributed by atoms with Crippen molar-refractivity contribution in [2.75, 3.05) is 0 Å². The maximum Gasteiger partial charge on any atom is 0.419 e. The van der Waals surface area contributed by atoms with Gasteiger partial charge in [-0.15, -0.1) is 0 Å². The van der Waals surface area contributed by atoms with Gasteiger partial charge in [0.05, 0.1) is 5.52 Å². The van der Waals surface area contributed by atoms with Crippen LogP contribution in [0.1, 0.15) is 18.1 Å². The van der Waals surface area contributed by atoms with Gasteiger partial charge in [0.15, 0.2) is 5.58 Å². The van der Waals surface area contributed by atoms with Crippen molar-refractivity contribution in [1.82, 2.24) is 4.57 Å². The van der Waals surface area contributed by atoms with Gasteiger partial charge in [-0.05, 0) is 30.5 Å². The number of aromatic nitrogens is 1. The van der Waals surface area contributed by atoms with Gasteiger partial charge in [0.25, 0.3) is 0 Å². The first-order valence-corrected chi connectivity index (χ1v) is 4.72. The molecule has 0 atom stereocenters. The van der Waals surface area contributed by atoms with Gasteiger partial charge in [0.2, 0.25) is 0 Å². The number of rotatable bonds is 1. The van der Waals surface area contributed by atoms with Gasteiger partial charge in [0.1, 0.15) is 0 Å². The molecule has 2 rings (SSSR count). The van der Waals surface area contributed by atoms with Crippen molar-refractivity contribution in [2.24, 2.45) is 7.05 Å². The molecule has 1 aromatic carbocycles. The van der Waals surface area contributed by atoms with Crippen LogP contribution in [-0.2, 0) is 13.5 Å². The molecule has 0 amide bonds. The largest absolute Gasteiger partial charge is 0.419 e. The lowest BCUT2D eigenvalue weighted by molar-refractivity contribution is 0.526. The Balaban J connectivity index is 2.90. The van der Waals surface area contributed by atoms with Crippen LogP contribution in [0.3, 0.4) is 0 Å². The van der Waals surface area contributed by atoms with Crippen molar-refractivity contribution >= 4 is 11.1 Å². The Hall–Kier alpha value is -1.51. The summed E-state index contributed by atoms with van der Waals surface area (Å²) in [7, 11) is 1.73. The molecule has 14 heavy (non-hydrogen) atoms. The number of benzene rings is 1. The highest BCUT2D eigenvalue weighted by molar-refractivity contribution is 5.77. The van der Waals surface area contributed by atoms with E-state index in [0.29, 0.717) is 5.58 Å². The molecule has 0 spiro atoms. The molecule has 2 aromatic rings. The number of hydrogen-bond acceptors (Lipinski definition) is 2. The van der Waals surface area contributed by atoms with Crippen LogP contribution < -0.4 is 5.76 Å². The summed E-state index contributed by atoms with van der Waals surface area (Å²) in [5.74, 6) is -0.295. The Kier molecular flexibility index (Phi) is 1.95. The first-order valence-electron chi connectivity index (χ1n) is 4.72. The summed E-state index contributed by atoms with van der Waals surface area (Å²) in [5.41, 5.74) is 3.84. The zero-order valence-electron chi connectivity index (χ0n) is 8.63. The van der Waals surface area contributed by atoms with Crippen LogP contribution in [0.2, 0.25) is 0 Å². The Morgan fingerprint density at radius 1 is 1.43 bits per heavy atom. The van der Waals surface area contributed by atoms with E-state index in [1.807, 2.05) is 13.0 Å². The maximum atomic E-state index is 11.3. The third-order valence-corrected chi connectivity index (χ3v) is 2.55. The summed E-state index contributed by atoms with van der Waals surface area (Å²) in [5, 5.41) is 0. The van der Waals surface area contributed by atoms with E-state index in [0.717, 1.165) is 17.5 Å². The van der Waals surface area contributed by atoms with E-state index in [9.17, 15) is 4.79 Å². The maximum absolute atomic E-state index is 11.3. The van der Waals surface area contributed by atoms with Crippen molar-refractivity contribution in [2.45, 2.75) is 20.3 Å². The molecule has 0 bridgehead atoms. The zero-order chi connectivity index (χ0) is 10.3. The van der Waals surface area contributed by atoms with Crippen LogP contribution in [0.5, 0.6) is 0 Å². The van der Waals surface area contributed by atoms with Crippen molar-refractivity contribution in [3.63, 3.8) is 0 Å². The lowest BCUT2D eigenvalue weighted by Gasteiger charge is -2.00. The lowest BCUT2D eigenvalue weighted by atomic mass is 10.1. The SMILES string of the molecule is CCc1cc(C)c2oc(=O)n(C)c2c1. The fraction of sp³-hybridized carbons (Fsp3) is 0.364. The highest BCUT2D eigenvalue weighted by Crippen LogP contribution is 2.19. The van der Waals surface area contributed by atoms with Crippen molar-refractivity contribution in [3.8, 4) is 0 Å². The van der Waals surface area contributed by atoms with E-state index in [4.69, 9.17) is 4.42 Å². The van der Waals surface area contributed by atoms with Gasteiger partial charge in [-0.2, -0.15) is 0 Å². The van der Waals surface area contributed by atoms with Gasteiger partial charge in [-0.3, -0.25) is 4.57 Å². The van der Waals surface area contributed by atoms with E-state index >= 15 is 0 Å². The quantitative estimate of drug-likeness (QED) is 0.691. The second-order valence-corrected chi connectivity index (χ2v) is 3.54. The Morgan fingerprint density at radius 2 is 2.14 bits per heavy atom. The van der Waals surface area contributed by atoms with E-state index in [-0.39, 0.29) is 5.76 Å². The molecule has 3 heteroatoms. The van der Waals surface area contributed by atoms with Crippen LogP contribution >= 0.6 is 0 Å².